The number of nitrogens with zero attached hydrogens (tertiary/aromatic N) is 4. The number of anilines is 1. The summed E-state index contributed by atoms with van der Waals surface area (Å²) in [6.07, 6.45) is 5.80. The Hall–Kier alpha value is -2.60. The predicted octanol–water partition coefficient (Wildman–Crippen LogP) is 3.41. The van der Waals surface area contributed by atoms with Crippen LogP contribution in [0.5, 0.6) is 5.75 Å². The highest BCUT2D eigenvalue weighted by Gasteiger charge is 2.13. The lowest BCUT2D eigenvalue weighted by molar-refractivity contribution is 0.146. The standard InChI is InChI=1S/C20H24N4O2/c1-25-13-14-26-17-7-5-16(6-8-17)18-15-24-19(21-18)9-10-20(22-24)23-11-3-2-4-12-23/h5-10,15H,2-4,11-14H2,1H3. The maximum atomic E-state index is 5.61. The smallest absolute Gasteiger partial charge is 0.154 e. The molecule has 2 aromatic heterocycles. The average molecular weight is 352 g/mol. The summed E-state index contributed by atoms with van der Waals surface area (Å²) < 4.78 is 12.5. The summed E-state index contributed by atoms with van der Waals surface area (Å²) in [7, 11) is 1.67. The van der Waals surface area contributed by atoms with Gasteiger partial charge in [-0.25, -0.2) is 9.50 Å². The molecule has 6 nitrogen and oxygen atoms in total. The van der Waals surface area contributed by atoms with Crippen LogP contribution in [0.15, 0.2) is 42.6 Å². The van der Waals surface area contributed by atoms with Crippen molar-refractivity contribution in [3.8, 4) is 17.0 Å². The van der Waals surface area contributed by atoms with Crippen LogP contribution in [0.3, 0.4) is 0 Å². The molecule has 0 unspecified atom stereocenters. The molecular weight excluding hydrogens is 328 g/mol. The molecule has 136 valence electrons. The second kappa shape index (κ2) is 7.74. The monoisotopic (exact) mass is 352 g/mol. The van der Waals surface area contributed by atoms with E-state index in [0.29, 0.717) is 13.2 Å². The third-order valence-corrected chi connectivity index (χ3v) is 4.69. The normalized spacial score (nSPS) is 14.7. The van der Waals surface area contributed by atoms with Crippen LogP contribution < -0.4 is 9.64 Å². The van der Waals surface area contributed by atoms with Gasteiger partial charge in [-0.2, -0.15) is 0 Å². The average Bonchev–Trinajstić information content (AvgIpc) is 3.13. The van der Waals surface area contributed by atoms with Gasteiger partial charge in [-0.05, 0) is 55.7 Å². The molecule has 1 fully saturated rings. The topological polar surface area (TPSA) is 51.9 Å². The van der Waals surface area contributed by atoms with E-state index < -0.39 is 0 Å². The third kappa shape index (κ3) is 3.65. The molecule has 0 amide bonds. The van der Waals surface area contributed by atoms with Crippen molar-refractivity contribution in [1.29, 1.82) is 0 Å². The fraction of sp³-hybridized carbons (Fsp3) is 0.400. The zero-order chi connectivity index (χ0) is 17.8. The number of aromatic nitrogens is 3. The van der Waals surface area contributed by atoms with Crippen LogP contribution in [-0.2, 0) is 4.74 Å². The number of hydrogen-bond donors (Lipinski definition) is 0. The second-order valence-electron chi connectivity index (χ2n) is 6.53. The molecule has 1 saturated heterocycles. The Morgan fingerprint density at radius 3 is 2.54 bits per heavy atom. The molecular formula is C20H24N4O2. The van der Waals surface area contributed by atoms with Gasteiger partial charge < -0.3 is 14.4 Å². The largest absolute Gasteiger partial charge is 0.491 e. The lowest BCUT2D eigenvalue weighted by Gasteiger charge is -2.27. The molecule has 4 rings (SSSR count). The van der Waals surface area contributed by atoms with Crippen LogP contribution in [0, 0.1) is 0 Å². The zero-order valence-corrected chi connectivity index (χ0v) is 15.1. The van der Waals surface area contributed by atoms with E-state index in [1.807, 2.05) is 41.0 Å². The van der Waals surface area contributed by atoms with Gasteiger partial charge in [0.25, 0.3) is 0 Å². The van der Waals surface area contributed by atoms with Crippen molar-refractivity contribution < 1.29 is 9.47 Å². The summed E-state index contributed by atoms with van der Waals surface area (Å²) in [5, 5.41) is 4.75. The molecule has 1 aliphatic heterocycles. The molecule has 0 atom stereocenters. The molecule has 6 heteroatoms. The maximum absolute atomic E-state index is 5.61. The highest BCUT2D eigenvalue weighted by atomic mass is 16.5. The van der Waals surface area contributed by atoms with Crippen LogP contribution >= 0.6 is 0 Å². The van der Waals surface area contributed by atoms with Crippen molar-refractivity contribution in [1.82, 2.24) is 14.6 Å². The van der Waals surface area contributed by atoms with Gasteiger partial charge in [0, 0.05) is 25.8 Å². The molecule has 1 aromatic carbocycles. The number of piperidine rings is 1. The molecule has 0 N–H and O–H groups in total. The highest BCUT2D eigenvalue weighted by molar-refractivity contribution is 5.63. The van der Waals surface area contributed by atoms with E-state index >= 15 is 0 Å². The van der Waals surface area contributed by atoms with Crippen molar-refractivity contribution in [2.24, 2.45) is 0 Å². The van der Waals surface area contributed by atoms with Crippen molar-refractivity contribution >= 4 is 11.5 Å². The minimum Gasteiger partial charge on any atom is -0.491 e. The van der Waals surface area contributed by atoms with Gasteiger partial charge in [0.05, 0.1) is 18.5 Å². The van der Waals surface area contributed by atoms with Crippen LogP contribution in [0.1, 0.15) is 19.3 Å². The first-order valence-corrected chi connectivity index (χ1v) is 9.17. The molecule has 3 aromatic rings. The van der Waals surface area contributed by atoms with E-state index in [1.54, 1.807) is 7.11 Å². The first-order chi connectivity index (χ1) is 12.8. The molecule has 0 aliphatic carbocycles. The van der Waals surface area contributed by atoms with Gasteiger partial charge in [-0.15, -0.1) is 5.10 Å². The van der Waals surface area contributed by atoms with Gasteiger partial charge in [0.2, 0.25) is 0 Å². The lowest BCUT2D eigenvalue weighted by Crippen LogP contribution is -2.30. The van der Waals surface area contributed by atoms with E-state index in [4.69, 9.17) is 19.6 Å². The SMILES string of the molecule is COCCOc1ccc(-c2cn3nc(N4CCCCC4)ccc3n2)cc1. The van der Waals surface area contributed by atoms with Gasteiger partial charge >= 0.3 is 0 Å². The van der Waals surface area contributed by atoms with Gasteiger partial charge in [0.1, 0.15) is 18.2 Å². The summed E-state index contributed by atoms with van der Waals surface area (Å²) in [6.45, 7) is 3.31. The lowest BCUT2D eigenvalue weighted by atomic mass is 10.1. The summed E-state index contributed by atoms with van der Waals surface area (Å²) >= 11 is 0. The van der Waals surface area contributed by atoms with E-state index in [2.05, 4.69) is 11.0 Å². The van der Waals surface area contributed by atoms with Crippen molar-refractivity contribution in [3.05, 3.63) is 42.6 Å². The molecule has 26 heavy (non-hydrogen) atoms. The van der Waals surface area contributed by atoms with Gasteiger partial charge in [0.15, 0.2) is 5.65 Å². The quantitative estimate of drug-likeness (QED) is 0.636. The molecule has 0 radical (unpaired) electrons. The Morgan fingerprint density at radius 2 is 1.77 bits per heavy atom. The van der Waals surface area contributed by atoms with E-state index in [1.165, 1.54) is 19.3 Å². The first-order valence-electron chi connectivity index (χ1n) is 9.17. The fourth-order valence-corrected chi connectivity index (χ4v) is 3.27. The summed E-state index contributed by atoms with van der Waals surface area (Å²) in [6, 6.07) is 12.1. The van der Waals surface area contributed by atoms with Crippen LogP contribution in [0.2, 0.25) is 0 Å². The van der Waals surface area contributed by atoms with Crippen LogP contribution in [-0.4, -0.2) is 48.0 Å². The van der Waals surface area contributed by atoms with Gasteiger partial charge in [-0.3, -0.25) is 0 Å². The van der Waals surface area contributed by atoms with E-state index in [-0.39, 0.29) is 0 Å². The van der Waals surface area contributed by atoms with Crippen molar-refractivity contribution in [3.63, 3.8) is 0 Å². The summed E-state index contributed by atoms with van der Waals surface area (Å²) in [5.41, 5.74) is 2.83. The van der Waals surface area contributed by atoms with Crippen LogP contribution in [0.25, 0.3) is 16.9 Å². The number of ether oxygens (including phenoxy) is 2. The molecule has 1 aliphatic rings. The number of methoxy groups -OCH3 is 1. The molecule has 0 spiro atoms. The fourth-order valence-electron chi connectivity index (χ4n) is 3.27. The van der Waals surface area contributed by atoms with Crippen molar-refractivity contribution in [2.45, 2.75) is 19.3 Å². The molecule has 0 bridgehead atoms. The van der Waals surface area contributed by atoms with Gasteiger partial charge in [-0.1, -0.05) is 0 Å². The number of fused-ring (bicyclic) bond motifs is 1. The Morgan fingerprint density at radius 1 is 0.962 bits per heavy atom. The maximum Gasteiger partial charge on any atom is 0.154 e. The third-order valence-electron chi connectivity index (χ3n) is 4.69. The first kappa shape index (κ1) is 16.8. The molecule has 0 saturated carbocycles. The Bertz CT molecular complexity index is 854. The van der Waals surface area contributed by atoms with E-state index in [9.17, 15) is 0 Å². The zero-order valence-electron chi connectivity index (χ0n) is 15.1. The predicted molar refractivity (Wildman–Crippen MR) is 102 cm³/mol. The summed E-state index contributed by atoms with van der Waals surface area (Å²) in [4.78, 5) is 7.05. The van der Waals surface area contributed by atoms with Crippen LogP contribution in [0.4, 0.5) is 5.82 Å². The van der Waals surface area contributed by atoms with Crippen molar-refractivity contribution in [2.75, 3.05) is 38.3 Å². The number of benzene rings is 1. The number of rotatable bonds is 6. The Balaban J connectivity index is 1.53. The second-order valence-corrected chi connectivity index (χ2v) is 6.53. The molecule has 3 heterocycles. The summed E-state index contributed by atoms with van der Waals surface area (Å²) in [5.74, 6) is 1.86. The Labute approximate surface area is 153 Å². The minimum atomic E-state index is 0.549. The highest BCUT2D eigenvalue weighted by Crippen LogP contribution is 2.23. The minimum absolute atomic E-state index is 0.549. The number of hydrogen-bond acceptors (Lipinski definition) is 5. The van der Waals surface area contributed by atoms with E-state index in [0.717, 1.165) is 41.6 Å². The Kier molecular flexibility index (Phi) is 5.02. The number of imidazole rings is 1.